The van der Waals surface area contributed by atoms with Gasteiger partial charge in [0.05, 0.1) is 5.56 Å². The molecule has 0 aromatic heterocycles. The molecule has 0 spiro atoms. The largest absolute Gasteiger partial charge is 0.416 e. The Hall–Kier alpha value is -2.15. The molecule has 144 valence electrons. The number of carbonyl (C=O) groups is 1. The highest BCUT2D eigenvalue weighted by Crippen LogP contribution is 2.32. The third kappa shape index (κ3) is 5.42. The molecule has 0 bridgehead atoms. The van der Waals surface area contributed by atoms with E-state index in [1.807, 2.05) is 35.2 Å². The first-order valence-corrected chi connectivity index (χ1v) is 9.80. The first-order valence-electron chi connectivity index (χ1n) is 8.81. The van der Waals surface area contributed by atoms with E-state index in [2.05, 4.69) is 0 Å². The quantitative estimate of drug-likeness (QED) is 0.696. The smallest absolute Gasteiger partial charge is 0.368 e. The minimum absolute atomic E-state index is 0.0992. The molecule has 0 saturated carbocycles. The Balaban J connectivity index is 1.48. The van der Waals surface area contributed by atoms with Crippen molar-refractivity contribution in [1.29, 1.82) is 0 Å². The zero-order chi connectivity index (χ0) is 19.3. The summed E-state index contributed by atoms with van der Waals surface area (Å²) in [7, 11) is 0. The summed E-state index contributed by atoms with van der Waals surface area (Å²) in [5.74, 6) is 0.818. The molecule has 2 aromatic rings. The maximum absolute atomic E-state index is 12.9. The predicted molar refractivity (Wildman–Crippen MR) is 102 cm³/mol. The van der Waals surface area contributed by atoms with Crippen molar-refractivity contribution in [3.63, 3.8) is 0 Å². The third-order valence-corrected chi connectivity index (χ3v) is 5.51. The first kappa shape index (κ1) is 19.6. The number of hydrogen-bond acceptors (Lipinski definition) is 3. The van der Waals surface area contributed by atoms with E-state index in [0.717, 1.165) is 16.7 Å². The molecular weight excluding hydrogens is 373 g/mol. The highest BCUT2D eigenvalue weighted by molar-refractivity contribution is 7.99. The van der Waals surface area contributed by atoms with Gasteiger partial charge in [-0.1, -0.05) is 24.3 Å². The van der Waals surface area contributed by atoms with Crippen molar-refractivity contribution < 1.29 is 18.0 Å². The number of piperazine rings is 1. The van der Waals surface area contributed by atoms with E-state index >= 15 is 0 Å². The van der Waals surface area contributed by atoms with Crippen LogP contribution in [0, 0.1) is 0 Å². The fourth-order valence-electron chi connectivity index (χ4n) is 3.02. The minimum atomic E-state index is -4.34. The van der Waals surface area contributed by atoms with E-state index in [1.54, 1.807) is 22.7 Å². The van der Waals surface area contributed by atoms with Crippen LogP contribution in [0.15, 0.2) is 59.5 Å². The topological polar surface area (TPSA) is 23.6 Å². The Kier molecular flexibility index (Phi) is 6.31. The Labute approximate surface area is 161 Å². The van der Waals surface area contributed by atoms with Crippen LogP contribution in [0.3, 0.4) is 0 Å². The lowest BCUT2D eigenvalue weighted by atomic mass is 10.1. The van der Waals surface area contributed by atoms with Gasteiger partial charge in [-0.3, -0.25) is 4.79 Å². The second kappa shape index (κ2) is 8.69. The van der Waals surface area contributed by atoms with Crippen LogP contribution in [0.25, 0.3) is 0 Å². The molecule has 0 atom stereocenters. The number of amides is 1. The van der Waals surface area contributed by atoms with Crippen molar-refractivity contribution in [3.8, 4) is 0 Å². The van der Waals surface area contributed by atoms with Crippen LogP contribution in [0.1, 0.15) is 12.0 Å². The Morgan fingerprint density at radius 3 is 2.33 bits per heavy atom. The van der Waals surface area contributed by atoms with E-state index in [9.17, 15) is 18.0 Å². The number of anilines is 1. The summed E-state index contributed by atoms with van der Waals surface area (Å²) in [6.07, 6.45) is -3.88. The molecule has 3 rings (SSSR count). The molecule has 1 aliphatic heterocycles. The molecule has 1 heterocycles. The van der Waals surface area contributed by atoms with Crippen LogP contribution in [-0.2, 0) is 11.0 Å². The van der Waals surface area contributed by atoms with Gasteiger partial charge in [-0.15, -0.1) is 11.8 Å². The summed E-state index contributed by atoms with van der Waals surface area (Å²) in [4.78, 5) is 17.2. The van der Waals surface area contributed by atoms with Crippen molar-refractivity contribution in [1.82, 2.24) is 4.90 Å². The zero-order valence-corrected chi connectivity index (χ0v) is 15.6. The van der Waals surface area contributed by atoms with E-state index in [0.29, 0.717) is 38.3 Å². The van der Waals surface area contributed by atoms with Gasteiger partial charge in [0.25, 0.3) is 0 Å². The highest BCUT2D eigenvalue weighted by atomic mass is 32.2. The molecule has 27 heavy (non-hydrogen) atoms. The summed E-state index contributed by atoms with van der Waals surface area (Å²) >= 11 is 1.65. The van der Waals surface area contributed by atoms with Gasteiger partial charge in [0.15, 0.2) is 0 Å². The third-order valence-electron chi connectivity index (χ3n) is 4.50. The normalized spacial score (nSPS) is 15.1. The van der Waals surface area contributed by atoms with Crippen molar-refractivity contribution in [2.45, 2.75) is 17.5 Å². The molecule has 1 amide bonds. The predicted octanol–water partition coefficient (Wildman–Crippen LogP) is 4.54. The van der Waals surface area contributed by atoms with Gasteiger partial charge in [-0.05, 0) is 30.3 Å². The standard InChI is InChI=1S/C20H21F3N2OS/c21-20(22,23)16-5-4-6-17(15-16)24-10-12-25(13-11-24)19(26)9-14-27-18-7-2-1-3-8-18/h1-8,15H,9-14H2. The molecule has 0 unspecified atom stereocenters. The summed E-state index contributed by atoms with van der Waals surface area (Å²) in [6, 6.07) is 15.3. The van der Waals surface area contributed by atoms with E-state index in [1.165, 1.54) is 12.1 Å². The minimum Gasteiger partial charge on any atom is -0.368 e. The average Bonchev–Trinajstić information content (AvgIpc) is 2.68. The molecular formula is C20H21F3N2OS. The zero-order valence-electron chi connectivity index (χ0n) is 14.8. The molecule has 7 heteroatoms. The van der Waals surface area contributed by atoms with Crippen LogP contribution >= 0.6 is 11.8 Å². The van der Waals surface area contributed by atoms with E-state index < -0.39 is 11.7 Å². The van der Waals surface area contributed by atoms with Gasteiger partial charge in [0, 0.05) is 48.9 Å². The van der Waals surface area contributed by atoms with Crippen LogP contribution in [-0.4, -0.2) is 42.7 Å². The van der Waals surface area contributed by atoms with E-state index in [4.69, 9.17) is 0 Å². The Bertz CT molecular complexity index is 759. The number of alkyl halides is 3. The molecule has 0 N–H and O–H groups in total. The van der Waals surface area contributed by atoms with Crippen molar-refractivity contribution in [2.75, 3.05) is 36.8 Å². The SMILES string of the molecule is O=C(CCSc1ccccc1)N1CCN(c2cccc(C(F)(F)F)c2)CC1. The molecule has 3 nitrogen and oxygen atoms in total. The fraction of sp³-hybridized carbons (Fsp3) is 0.350. The molecule has 1 saturated heterocycles. The van der Waals surface area contributed by atoms with Crippen LogP contribution in [0.5, 0.6) is 0 Å². The van der Waals surface area contributed by atoms with Gasteiger partial charge in [-0.2, -0.15) is 13.2 Å². The van der Waals surface area contributed by atoms with Crippen LogP contribution < -0.4 is 4.90 Å². The number of halogens is 3. The lowest BCUT2D eigenvalue weighted by Crippen LogP contribution is -2.48. The Morgan fingerprint density at radius 2 is 1.67 bits per heavy atom. The van der Waals surface area contributed by atoms with Crippen molar-refractivity contribution in [2.24, 2.45) is 0 Å². The maximum atomic E-state index is 12.9. The number of carbonyl (C=O) groups excluding carboxylic acids is 1. The summed E-state index contributed by atoms with van der Waals surface area (Å²) in [5.41, 5.74) is -0.0898. The number of hydrogen-bond donors (Lipinski definition) is 0. The molecule has 0 radical (unpaired) electrons. The van der Waals surface area contributed by atoms with Crippen molar-refractivity contribution >= 4 is 23.4 Å². The second-order valence-corrected chi connectivity index (χ2v) is 7.50. The first-order chi connectivity index (χ1) is 12.9. The molecule has 0 aliphatic carbocycles. The number of thioether (sulfide) groups is 1. The lowest BCUT2D eigenvalue weighted by molar-refractivity contribution is -0.137. The number of nitrogens with zero attached hydrogens (tertiary/aromatic N) is 2. The van der Waals surface area contributed by atoms with Gasteiger partial charge < -0.3 is 9.80 Å². The highest BCUT2D eigenvalue weighted by Gasteiger charge is 2.31. The second-order valence-electron chi connectivity index (χ2n) is 6.33. The molecule has 2 aromatic carbocycles. The summed E-state index contributed by atoms with van der Waals surface area (Å²) in [6.45, 7) is 2.15. The monoisotopic (exact) mass is 394 g/mol. The average molecular weight is 394 g/mol. The van der Waals surface area contributed by atoms with E-state index in [-0.39, 0.29) is 5.91 Å². The number of benzene rings is 2. The van der Waals surface area contributed by atoms with Gasteiger partial charge in [0.2, 0.25) is 5.91 Å². The summed E-state index contributed by atoms with van der Waals surface area (Å²) in [5, 5.41) is 0. The summed E-state index contributed by atoms with van der Waals surface area (Å²) < 4.78 is 38.6. The Morgan fingerprint density at radius 1 is 0.963 bits per heavy atom. The fourth-order valence-corrected chi connectivity index (χ4v) is 3.89. The maximum Gasteiger partial charge on any atom is 0.416 e. The van der Waals surface area contributed by atoms with Gasteiger partial charge in [0.1, 0.15) is 0 Å². The molecule has 1 fully saturated rings. The van der Waals surface area contributed by atoms with Gasteiger partial charge >= 0.3 is 6.18 Å². The molecule has 1 aliphatic rings. The van der Waals surface area contributed by atoms with Crippen LogP contribution in [0.4, 0.5) is 18.9 Å². The number of rotatable bonds is 5. The van der Waals surface area contributed by atoms with Gasteiger partial charge in [-0.25, -0.2) is 0 Å². The van der Waals surface area contributed by atoms with Crippen LogP contribution in [0.2, 0.25) is 0 Å². The lowest BCUT2D eigenvalue weighted by Gasteiger charge is -2.36. The van der Waals surface area contributed by atoms with Crippen molar-refractivity contribution in [3.05, 3.63) is 60.2 Å².